The van der Waals surface area contributed by atoms with Gasteiger partial charge in [0.2, 0.25) is 5.91 Å². The summed E-state index contributed by atoms with van der Waals surface area (Å²) in [6, 6.07) is 8.83. The van der Waals surface area contributed by atoms with Gasteiger partial charge in [0.05, 0.1) is 18.6 Å². The maximum absolute atomic E-state index is 12.3. The number of aryl methyl sites for hydroxylation is 1. The standard InChI is InChI=1S/C21H23N7O4S/c1-3-31-20(30)17-16(22)18(24-15-10-11(2)27-28-15)26-21(25-17)32-33-14-8-6-13(7-9-14)23-19(29)12-4-5-12/h6-10,12H,3-5,22H2,1-2H3,(H,23,29)(H2,24,25,26,27,28). The molecule has 12 heteroatoms. The number of carbonyl (C=O) groups excluding carboxylic acids is 2. The minimum atomic E-state index is -0.690. The maximum Gasteiger partial charge on any atom is 0.359 e. The van der Waals surface area contributed by atoms with Gasteiger partial charge in [0, 0.05) is 28.3 Å². The Morgan fingerprint density at radius 2 is 2.00 bits per heavy atom. The molecule has 0 spiro atoms. The lowest BCUT2D eigenvalue weighted by atomic mass is 10.3. The van der Waals surface area contributed by atoms with E-state index in [4.69, 9.17) is 14.7 Å². The van der Waals surface area contributed by atoms with E-state index >= 15 is 0 Å². The van der Waals surface area contributed by atoms with Crippen molar-refractivity contribution in [3.05, 3.63) is 41.7 Å². The van der Waals surface area contributed by atoms with Gasteiger partial charge in [-0.3, -0.25) is 9.89 Å². The Labute approximate surface area is 194 Å². The number of aromatic nitrogens is 4. The van der Waals surface area contributed by atoms with Crippen molar-refractivity contribution in [3.8, 4) is 6.01 Å². The number of esters is 1. The quantitative estimate of drug-likeness (QED) is 0.270. The Morgan fingerprint density at radius 1 is 1.24 bits per heavy atom. The molecular formula is C21H23N7O4S. The predicted molar refractivity (Wildman–Crippen MR) is 123 cm³/mol. The van der Waals surface area contributed by atoms with E-state index < -0.39 is 5.97 Å². The third-order valence-corrected chi connectivity index (χ3v) is 5.33. The van der Waals surface area contributed by atoms with Crippen molar-refractivity contribution in [2.75, 3.05) is 23.0 Å². The molecule has 1 aliphatic rings. The summed E-state index contributed by atoms with van der Waals surface area (Å²) in [6.07, 6.45) is 1.89. The first kappa shape index (κ1) is 22.4. The number of H-pyrrole nitrogens is 1. The maximum atomic E-state index is 12.3. The Kier molecular flexibility index (Phi) is 6.63. The number of hydrogen-bond donors (Lipinski definition) is 4. The number of amides is 1. The third-order valence-electron chi connectivity index (χ3n) is 4.63. The fourth-order valence-electron chi connectivity index (χ4n) is 2.81. The number of rotatable bonds is 9. The lowest BCUT2D eigenvalue weighted by molar-refractivity contribution is -0.117. The number of carbonyl (C=O) groups is 2. The molecule has 11 nitrogen and oxygen atoms in total. The molecule has 0 saturated heterocycles. The van der Waals surface area contributed by atoms with Gasteiger partial charge in [-0.1, -0.05) is 0 Å². The van der Waals surface area contributed by atoms with Crippen LogP contribution in [0.2, 0.25) is 0 Å². The zero-order valence-electron chi connectivity index (χ0n) is 18.0. The molecule has 2 heterocycles. The minimum Gasteiger partial charge on any atom is -0.461 e. The van der Waals surface area contributed by atoms with Crippen LogP contribution in [0.5, 0.6) is 6.01 Å². The number of nitrogens with two attached hydrogens (primary N) is 1. The largest absolute Gasteiger partial charge is 0.461 e. The first-order chi connectivity index (χ1) is 15.9. The lowest BCUT2D eigenvalue weighted by Gasteiger charge is -2.12. The summed E-state index contributed by atoms with van der Waals surface area (Å²) in [6.45, 7) is 3.70. The van der Waals surface area contributed by atoms with E-state index in [1.165, 1.54) is 0 Å². The van der Waals surface area contributed by atoms with Crippen LogP contribution in [0.1, 0.15) is 35.9 Å². The molecule has 1 aromatic carbocycles. The van der Waals surface area contributed by atoms with Crippen molar-refractivity contribution in [1.29, 1.82) is 0 Å². The molecule has 1 fully saturated rings. The van der Waals surface area contributed by atoms with Crippen LogP contribution in [-0.4, -0.2) is 38.6 Å². The van der Waals surface area contributed by atoms with Gasteiger partial charge in [0.1, 0.15) is 5.69 Å². The lowest BCUT2D eigenvalue weighted by Crippen LogP contribution is -2.14. The summed E-state index contributed by atoms with van der Waals surface area (Å²) in [4.78, 5) is 33.3. The highest BCUT2D eigenvalue weighted by molar-refractivity contribution is 7.95. The first-order valence-electron chi connectivity index (χ1n) is 10.3. The number of ether oxygens (including phenoxy) is 1. The van der Waals surface area contributed by atoms with E-state index in [0.29, 0.717) is 11.5 Å². The number of hydrogen-bond acceptors (Lipinski definition) is 10. The van der Waals surface area contributed by atoms with E-state index in [1.54, 1.807) is 37.3 Å². The second kappa shape index (κ2) is 9.77. The number of nitrogens with zero attached hydrogens (tertiary/aromatic N) is 3. The topological polar surface area (TPSA) is 157 Å². The van der Waals surface area contributed by atoms with E-state index in [0.717, 1.165) is 35.5 Å². The smallest absolute Gasteiger partial charge is 0.359 e. The van der Waals surface area contributed by atoms with Gasteiger partial charge < -0.3 is 25.3 Å². The molecule has 0 bridgehead atoms. The predicted octanol–water partition coefficient (Wildman–Crippen LogP) is 3.45. The summed E-state index contributed by atoms with van der Waals surface area (Å²) in [7, 11) is 0. The first-order valence-corrected chi connectivity index (χ1v) is 11.1. The van der Waals surface area contributed by atoms with Crippen molar-refractivity contribution >= 4 is 46.9 Å². The number of benzene rings is 1. The fraction of sp³-hybridized carbons (Fsp3) is 0.286. The molecule has 2 aromatic heterocycles. The number of nitrogens with one attached hydrogen (secondary N) is 3. The number of anilines is 4. The summed E-state index contributed by atoms with van der Waals surface area (Å²) < 4.78 is 10.7. The Morgan fingerprint density at radius 3 is 2.64 bits per heavy atom. The third kappa shape index (κ3) is 5.71. The second-order valence-electron chi connectivity index (χ2n) is 7.35. The summed E-state index contributed by atoms with van der Waals surface area (Å²) >= 11 is 0.998. The molecule has 0 unspecified atom stereocenters. The molecule has 1 saturated carbocycles. The van der Waals surface area contributed by atoms with Crippen molar-refractivity contribution in [2.24, 2.45) is 5.92 Å². The minimum absolute atomic E-state index is 0.0159. The van der Waals surface area contributed by atoms with Gasteiger partial charge in [-0.15, -0.1) is 0 Å². The van der Waals surface area contributed by atoms with E-state index in [-0.39, 0.29) is 41.6 Å². The summed E-state index contributed by atoms with van der Waals surface area (Å²) in [5, 5.41) is 12.7. The van der Waals surface area contributed by atoms with Crippen LogP contribution in [0, 0.1) is 12.8 Å². The highest BCUT2D eigenvalue weighted by Crippen LogP contribution is 2.31. The monoisotopic (exact) mass is 469 g/mol. The van der Waals surface area contributed by atoms with E-state index in [2.05, 4.69) is 30.8 Å². The van der Waals surface area contributed by atoms with Gasteiger partial charge in [0.15, 0.2) is 17.3 Å². The molecule has 3 aromatic rings. The van der Waals surface area contributed by atoms with Crippen molar-refractivity contribution in [2.45, 2.75) is 31.6 Å². The fourth-order valence-corrected chi connectivity index (χ4v) is 3.30. The van der Waals surface area contributed by atoms with Crippen molar-refractivity contribution < 1.29 is 18.5 Å². The molecule has 0 radical (unpaired) electrons. The van der Waals surface area contributed by atoms with Crippen LogP contribution >= 0.6 is 12.0 Å². The van der Waals surface area contributed by atoms with Gasteiger partial charge in [-0.2, -0.15) is 15.1 Å². The average molecular weight is 470 g/mol. The average Bonchev–Trinajstić information content (AvgIpc) is 3.57. The Balaban J connectivity index is 1.49. The van der Waals surface area contributed by atoms with Gasteiger partial charge in [0.25, 0.3) is 0 Å². The Hall–Kier alpha value is -3.80. The molecule has 172 valence electrons. The SMILES string of the molecule is CCOC(=O)c1nc(OSc2ccc(NC(=O)C3CC3)cc2)nc(Nc2cc(C)[nH]n2)c1N. The molecular weight excluding hydrogens is 446 g/mol. The van der Waals surface area contributed by atoms with Crippen molar-refractivity contribution in [1.82, 2.24) is 20.2 Å². The van der Waals surface area contributed by atoms with Crippen LogP contribution in [-0.2, 0) is 9.53 Å². The highest BCUT2D eigenvalue weighted by atomic mass is 32.2. The Bertz CT molecular complexity index is 1160. The second-order valence-corrected chi connectivity index (χ2v) is 8.16. The highest BCUT2D eigenvalue weighted by Gasteiger charge is 2.29. The van der Waals surface area contributed by atoms with Crippen LogP contribution in [0.4, 0.5) is 23.0 Å². The molecule has 4 rings (SSSR count). The van der Waals surface area contributed by atoms with E-state index in [9.17, 15) is 9.59 Å². The molecule has 0 aliphatic heterocycles. The van der Waals surface area contributed by atoms with Gasteiger partial charge in [-0.05, 0) is 51.0 Å². The normalized spacial score (nSPS) is 12.8. The van der Waals surface area contributed by atoms with Crippen LogP contribution in [0.15, 0.2) is 35.2 Å². The van der Waals surface area contributed by atoms with Crippen LogP contribution in [0.3, 0.4) is 0 Å². The zero-order valence-corrected chi connectivity index (χ0v) is 18.9. The van der Waals surface area contributed by atoms with E-state index in [1.807, 2.05) is 6.92 Å². The molecule has 33 heavy (non-hydrogen) atoms. The molecule has 1 amide bonds. The summed E-state index contributed by atoms with van der Waals surface area (Å²) in [5.41, 5.74) is 7.55. The number of nitrogen functional groups attached to an aromatic ring is 1. The van der Waals surface area contributed by atoms with Crippen LogP contribution < -0.4 is 20.6 Å². The molecule has 1 aliphatic carbocycles. The zero-order chi connectivity index (χ0) is 23.4. The number of aromatic amines is 1. The molecule has 0 atom stereocenters. The van der Waals surface area contributed by atoms with Crippen molar-refractivity contribution in [3.63, 3.8) is 0 Å². The van der Waals surface area contributed by atoms with Gasteiger partial charge >= 0.3 is 12.0 Å². The summed E-state index contributed by atoms with van der Waals surface area (Å²) in [5.74, 6) is 0.111. The van der Waals surface area contributed by atoms with Crippen LogP contribution in [0.25, 0.3) is 0 Å². The molecule has 5 N–H and O–H groups in total. The van der Waals surface area contributed by atoms with Gasteiger partial charge in [-0.25, -0.2) is 4.79 Å².